The molecular weight excluding hydrogens is 286 g/mol. The Labute approximate surface area is 126 Å². The van der Waals surface area contributed by atoms with Gasteiger partial charge in [-0.15, -0.1) is 0 Å². The number of benzene rings is 1. The topological polar surface area (TPSA) is 82.6 Å². The van der Waals surface area contributed by atoms with Crippen LogP contribution >= 0.6 is 0 Å². The van der Waals surface area contributed by atoms with Crippen LogP contribution in [-0.2, 0) is 9.47 Å². The Morgan fingerprint density at radius 2 is 1.45 bits per heavy atom. The summed E-state index contributed by atoms with van der Waals surface area (Å²) in [5, 5.41) is 0. The predicted octanol–water partition coefficient (Wildman–Crippen LogP) is 1.89. The van der Waals surface area contributed by atoms with E-state index in [0.717, 1.165) is 0 Å². The number of nitrogens with zero attached hydrogens (tertiary/aromatic N) is 1. The van der Waals surface area contributed by atoms with Gasteiger partial charge in [-0.2, -0.15) is 0 Å². The van der Waals surface area contributed by atoms with Gasteiger partial charge in [0.25, 0.3) is 0 Å². The average Bonchev–Trinajstić information content (AvgIpc) is 2.59. The molecule has 0 amide bonds. The van der Waals surface area contributed by atoms with Crippen LogP contribution in [-0.4, -0.2) is 36.9 Å². The summed E-state index contributed by atoms with van der Waals surface area (Å²) in [4.78, 5) is 39.4. The number of carbonyl (C=O) groups excluding carboxylic acids is 3. The van der Waals surface area contributed by atoms with Crippen LogP contribution < -0.4 is 0 Å². The maximum absolute atomic E-state index is 12.5. The van der Waals surface area contributed by atoms with Gasteiger partial charge in [-0.25, -0.2) is 14.6 Å². The summed E-state index contributed by atoms with van der Waals surface area (Å²) in [5.41, 5.74) is 0.747. The first-order chi connectivity index (χ1) is 10.6. The first-order valence-corrected chi connectivity index (χ1v) is 6.35. The molecule has 0 radical (unpaired) electrons. The first kappa shape index (κ1) is 15.4. The summed E-state index contributed by atoms with van der Waals surface area (Å²) in [6, 6.07) is 8.99. The molecule has 0 saturated heterocycles. The number of aromatic nitrogens is 1. The molecule has 2 aromatic rings. The quantitative estimate of drug-likeness (QED) is 0.633. The summed E-state index contributed by atoms with van der Waals surface area (Å²) in [6.45, 7) is 0. The van der Waals surface area contributed by atoms with Gasteiger partial charge in [0, 0.05) is 11.8 Å². The summed E-state index contributed by atoms with van der Waals surface area (Å²) in [6.07, 6.45) is 1.41. The number of ether oxygens (including phenoxy) is 2. The molecule has 6 heteroatoms. The van der Waals surface area contributed by atoms with Crippen LogP contribution in [0.2, 0.25) is 0 Å². The predicted molar refractivity (Wildman–Crippen MR) is 76.8 cm³/mol. The first-order valence-electron chi connectivity index (χ1n) is 6.35. The Morgan fingerprint density at radius 1 is 0.864 bits per heavy atom. The van der Waals surface area contributed by atoms with Crippen LogP contribution in [0, 0.1) is 0 Å². The van der Waals surface area contributed by atoms with Crippen molar-refractivity contribution in [1.29, 1.82) is 0 Å². The molecule has 0 aliphatic heterocycles. The molecule has 112 valence electrons. The highest BCUT2D eigenvalue weighted by Gasteiger charge is 2.20. The van der Waals surface area contributed by atoms with Gasteiger partial charge < -0.3 is 9.47 Å². The Kier molecular flexibility index (Phi) is 4.63. The highest BCUT2D eigenvalue weighted by Crippen LogP contribution is 2.15. The smallest absolute Gasteiger partial charge is 0.357 e. The molecule has 1 heterocycles. The van der Waals surface area contributed by atoms with E-state index in [1.165, 1.54) is 50.7 Å². The number of esters is 2. The van der Waals surface area contributed by atoms with Crippen molar-refractivity contribution in [3.63, 3.8) is 0 Å². The minimum Gasteiger partial charge on any atom is -0.465 e. The van der Waals surface area contributed by atoms with E-state index in [4.69, 9.17) is 0 Å². The molecule has 1 aromatic heterocycles. The number of hydrogen-bond donors (Lipinski definition) is 0. The summed E-state index contributed by atoms with van der Waals surface area (Å²) in [7, 11) is 2.50. The van der Waals surface area contributed by atoms with Crippen LogP contribution in [0.4, 0.5) is 0 Å². The molecule has 0 saturated carbocycles. The van der Waals surface area contributed by atoms with Crippen molar-refractivity contribution in [2.24, 2.45) is 0 Å². The largest absolute Gasteiger partial charge is 0.465 e. The Morgan fingerprint density at radius 3 is 2.05 bits per heavy atom. The minimum atomic E-state index is -0.685. The molecule has 0 spiro atoms. The summed E-state index contributed by atoms with van der Waals surface area (Å²) < 4.78 is 9.20. The molecule has 6 nitrogen and oxygen atoms in total. The third-order valence-electron chi connectivity index (χ3n) is 3.00. The van der Waals surface area contributed by atoms with Gasteiger partial charge in [-0.1, -0.05) is 12.1 Å². The van der Waals surface area contributed by atoms with E-state index < -0.39 is 11.9 Å². The lowest BCUT2D eigenvalue weighted by atomic mass is 10.0. The van der Waals surface area contributed by atoms with Crippen molar-refractivity contribution in [1.82, 2.24) is 4.98 Å². The van der Waals surface area contributed by atoms with Crippen molar-refractivity contribution in [3.05, 3.63) is 65.0 Å². The van der Waals surface area contributed by atoms with Gasteiger partial charge in [-0.05, 0) is 24.3 Å². The second kappa shape index (κ2) is 6.62. The molecule has 0 fully saturated rings. The van der Waals surface area contributed by atoms with Gasteiger partial charge in [0.2, 0.25) is 0 Å². The van der Waals surface area contributed by atoms with E-state index in [-0.39, 0.29) is 17.0 Å². The Balaban J connectivity index is 2.37. The third-order valence-corrected chi connectivity index (χ3v) is 3.00. The maximum Gasteiger partial charge on any atom is 0.357 e. The normalized spacial score (nSPS) is 9.91. The molecule has 0 unspecified atom stereocenters. The maximum atomic E-state index is 12.5. The zero-order valence-corrected chi connectivity index (χ0v) is 12.0. The molecule has 0 aliphatic rings. The monoisotopic (exact) mass is 299 g/mol. The standard InChI is InChI=1S/C16H13NO5/c1-21-15(19)11-7-5-10(6-8-11)14(18)12-4-3-9-17-13(12)16(20)22-2/h3-9H,1-2H3. The number of rotatable bonds is 4. The SMILES string of the molecule is COC(=O)c1ccc(C(=O)c2cccnc2C(=O)OC)cc1. The number of pyridine rings is 1. The fourth-order valence-electron chi connectivity index (χ4n) is 1.88. The average molecular weight is 299 g/mol. The van der Waals surface area contributed by atoms with Crippen molar-refractivity contribution in [3.8, 4) is 0 Å². The van der Waals surface area contributed by atoms with Gasteiger partial charge in [0.15, 0.2) is 11.5 Å². The van der Waals surface area contributed by atoms with Crippen molar-refractivity contribution < 1.29 is 23.9 Å². The van der Waals surface area contributed by atoms with E-state index in [9.17, 15) is 14.4 Å². The van der Waals surface area contributed by atoms with E-state index >= 15 is 0 Å². The van der Waals surface area contributed by atoms with Crippen molar-refractivity contribution in [2.45, 2.75) is 0 Å². The highest BCUT2D eigenvalue weighted by atomic mass is 16.5. The van der Waals surface area contributed by atoms with Gasteiger partial charge in [-0.3, -0.25) is 4.79 Å². The fourth-order valence-corrected chi connectivity index (χ4v) is 1.88. The van der Waals surface area contributed by atoms with Crippen molar-refractivity contribution in [2.75, 3.05) is 14.2 Å². The van der Waals surface area contributed by atoms with Gasteiger partial charge in [0.1, 0.15) is 0 Å². The number of methoxy groups -OCH3 is 2. The molecule has 0 aliphatic carbocycles. The van der Waals surface area contributed by atoms with Crippen LogP contribution in [0.5, 0.6) is 0 Å². The highest BCUT2D eigenvalue weighted by molar-refractivity contribution is 6.14. The lowest BCUT2D eigenvalue weighted by Gasteiger charge is -2.06. The van der Waals surface area contributed by atoms with E-state index in [2.05, 4.69) is 14.5 Å². The summed E-state index contributed by atoms with van der Waals surface area (Å²) in [5.74, 6) is -1.56. The van der Waals surface area contributed by atoms with Crippen LogP contribution in [0.3, 0.4) is 0 Å². The number of hydrogen-bond acceptors (Lipinski definition) is 6. The van der Waals surface area contributed by atoms with Crippen LogP contribution in [0.15, 0.2) is 42.6 Å². The molecule has 1 aromatic carbocycles. The van der Waals surface area contributed by atoms with E-state index in [1.807, 2.05) is 0 Å². The van der Waals surface area contributed by atoms with Gasteiger partial charge in [0.05, 0.1) is 25.3 Å². The second-order valence-corrected chi connectivity index (χ2v) is 4.29. The lowest BCUT2D eigenvalue weighted by molar-refractivity contribution is 0.0586. The lowest BCUT2D eigenvalue weighted by Crippen LogP contribution is -2.13. The molecule has 0 bridgehead atoms. The van der Waals surface area contributed by atoms with Crippen LogP contribution in [0.1, 0.15) is 36.8 Å². The zero-order valence-electron chi connectivity index (χ0n) is 12.0. The van der Waals surface area contributed by atoms with Gasteiger partial charge >= 0.3 is 11.9 Å². The van der Waals surface area contributed by atoms with E-state index in [1.54, 1.807) is 6.07 Å². The number of ketones is 1. The molecule has 0 N–H and O–H groups in total. The van der Waals surface area contributed by atoms with Crippen molar-refractivity contribution >= 4 is 17.7 Å². The third kappa shape index (κ3) is 3.01. The molecule has 0 atom stereocenters. The molecule has 22 heavy (non-hydrogen) atoms. The summed E-state index contributed by atoms with van der Waals surface area (Å²) >= 11 is 0. The second-order valence-electron chi connectivity index (χ2n) is 4.29. The molecule has 2 rings (SSSR count). The molecular formula is C16H13NO5. The van der Waals surface area contributed by atoms with Crippen LogP contribution in [0.25, 0.3) is 0 Å². The van der Waals surface area contributed by atoms with E-state index in [0.29, 0.717) is 11.1 Å². The Hall–Kier alpha value is -3.02. The zero-order chi connectivity index (χ0) is 16.1. The fraction of sp³-hybridized carbons (Fsp3) is 0.125. The minimum absolute atomic E-state index is 0.0490. The number of carbonyl (C=O) groups is 3. The Bertz CT molecular complexity index is 722.